The van der Waals surface area contributed by atoms with Gasteiger partial charge >= 0.3 is 0 Å². The maximum atomic E-state index is 4.22. The Hall–Kier alpha value is -1.27. The summed E-state index contributed by atoms with van der Waals surface area (Å²) in [6.45, 7) is 6.72. The molecule has 0 radical (unpaired) electrons. The highest BCUT2D eigenvalue weighted by Gasteiger charge is 2.03. The Kier molecular flexibility index (Phi) is 4.22. The highest BCUT2D eigenvalue weighted by Crippen LogP contribution is 2.12. The number of nitrogens with zero attached hydrogens (tertiary/aromatic N) is 4. The molecule has 0 aliphatic heterocycles. The van der Waals surface area contributed by atoms with E-state index in [2.05, 4.69) is 27.5 Å². The van der Waals surface area contributed by atoms with Gasteiger partial charge in [0.25, 0.3) is 0 Å². The highest BCUT2D eigenvalue weighted by molar-refractivity contribution is 7.11. The molecule has 0 aliphatic carbocycles. The second kappa shape index (κ2) is 5.88. The van der Waals surface area contributed by atoms with Crippen molar-refractivity contribution in [1.82, 2.24) is 25.3 Å². The summed E-state index contributed by atoms with van der Waals surface area (Å²) in [6.07, 6.45) is 5.02. The number of rotatable bonds is 6. The fourth-order valence-electron chi connectivity index (χ4n) is 1.53. The summed E-state index contributed by atoms with van der Waals surface area (Å²) in [5.74, 6) is 0. The van der Waals surface area contributed by atoms with Crippen molar-refractivity contribution in [3.05, 3.63) is 28.0 Å². The van der Waals surface area contributed by atoms with E-state index >= 15 is 0 Å². The lowest BCUT2D eigenvalue weighted by atomic mass is 10.4. The van der Waals surface area contributed by atoms with Gasteiger partial charge in [-0.1, -0.05) is 12.1 Å². The van der Waals surface area contributed by atoms with Crippen LogP contribution in [0, 0.1) is 6.92 Å². The van der Waals surface area contributed by atoms with Crippen molar-refractivity contribution in [2.24, 2.45) is 0 Å². The van der Waals surface area contributed by atoms with Crippen LogP contribution in [0.5, 0.6) is 0 Å². The van der Waals surface area contributed by atoms with E-state index in [1.165, 1.54) is 4.88 Å². The molecule has 17 heavy (non-hydrogen) atoms. The molecule has 0 unspecified atom stereocenters. The van der Waals surface area contributed by atoms with E-state index in [1.807, 2.05) is 24.0 Å². The number of aromatic nitrogens is 4. The monoisotopic (exact) mass is 251 g/mol. The van der Waals surface area contributed by atoms with Gasteiger partial charge in [0.2, 0.25) is 0 Å². The summed E-state index contributed by atoms with van der Waals surface area (Å²) in [4.78, 5) is 5.43. The van der Waals surface area contributed by atoms with Crippen LogP contribution in [-0.2, 0) is 13.1 Å². The maximum absolute atomic E-state index is 4.22. The molecule has 2 aromatic heterocycles. The van der Waals surface area contributed by atoms with Crippen LogP contribution in [0.3, 0.4) is 0 Å². The van der Waals surface area contributed by atoms with Gasteiger partial charge in [-0.05, 0) is 19.9 Å². The van der Waals surface area contributed by atoms with Gasteiger partial charge in [-0.25, -0.2) is 9.67 Å². The third kappa shape index (κ3) is 3.61. The van der Waals surface area contributed by atoms with Crippen LogP contribution in [0.1, 0.15) is 28.9 Å². The van der Waals surface area contributed by atoms with Crippen LogP contribution in [0.15, 0.2) is 12.4 Å². The predicted molar refractivity (Wildman–Crippen MR) is 68.0 cm³/mol. The van der Waals surface area contributed by atoms with Crippen molar-refractivity contribution in [1.29, 1.82) is 0 Å². The van der Waals surface area contributed by atoms with Crippen LogP contribution in [-0.4, -0.2) is 26.5 Å². The number of hydrogen-bond donors (Lipinski definition) is 1. The van der Waals surface area contributed by atoms with E-state index in [9.17, 15) is 0 Å². The minimum Gasteiger partial charge on any atom is -0.311 e. The zero-order chi connectivity index (χ0) is 12.1. The van der Waals surface area contributed by atoms with Gasteiger partial charge in [0.05, 0.1) is 23.4 Å². The van der Waals surface area contributed by atoms with Crippen LogP contribution >= 0.6 is 11.3 Å². The molecular weight excluding hydrogens is 234 g/mol. The first kappa shape index (κ1) is 12.2. The van der Waals surface area contributed by atoms with Gasteiger partial charge < -0.3 is 5.32 Å². The number of nitrogens with one attached hydrogen (secondary N) is 1. The van der Waals surface area contributed by atoms with Crippen LogP contribution in [0.25, 0.3) is 0 Å². The minimum absolute atomic E-state index is 0.756. The highest BCUT2D eigenvalue weighted by atomic mass is 32.1. The number of thiazole rings is 1. The Morgan fingerprint density at radius 3 is 3.06 bits per heavy atom. The summed E-state index contributed by atoms with van der Waals surface area (Å²) in [6, 6.07) is 0. The molecule has 1 N–H and O–H groups in total. The van der Waals surface area contributed by atoms with E-state index in [1.54, 1.807) is 11.3 Å². The van der Waals surface area contributed by atoms with Crippen LogP contribution in [0.2, 0.25) is 0 Å². The standard InChI is InChI=1S/C11H17N5S/c1-3-4-12-5-10-7-16(15-14-10)8-11-6-13-9(2)17-11/h6-7,12H,3-5,8H2,1-2H3. The molecule has 0 fully saturated rings. The normalized spacial score (nSPS) is 10.9. The molecule has 0 saturated heterocycles. The van der Waals surface area contributed by atoms with Gasteiger partial charge in [-0.2, -0.15) is 0 Å². The van der Waals surface area contributed by atoms with Crippen molar-refractivity contribution in [3.8, 4) is 0 Å². The average molecular weight is 251 g/mol. The number of hydrogen-bond acceptors (Lipinski definition) is 5. The zero-order valence-electron chi connectivity index (χ0n) is 10.2. The summed E-state index contributed by atoms with van der Waals surface area (Å²) >= 11 is 1.70. The Bertz CT molecular complexity index is 462. The molecule has 92 valence electrons. The minimum atomic E-state index is 0.756. The van der Waals surface area contributed by atoms with Gasteiger partial charge in [0.15, 0.2) is 0 Å². The van der Waals surface area contributed by atoms with Gasteiger partial charge in [0, 0.05) is 17.6 Å². The molecular formula is C11H17N5S. The second-order valence-electron chi connectivity index (χ2n) is 3.93. The zero-order valence-corrected chi connectivity index (χ0v) is 11.0. The Morgan fingerprint density at radius 1 is 1.47 bits per heavy atom. The molecule has 2 rings (SSSR count). The molecule has 0 saturated carbocycles. The first-order chi connectivity index (χ1) is 8.28. The topological polar surface area (TPSA) is 55.6 Å². The molecule has 0 spiro atoms. The molecule has 0 bridgehead atoms. The quantitative estimate of drug-likeness (QED) is 0.792. The molecule has 0 amide bonds. The SMILES string of the molecule is CCCNCc1cn(Cc2cnc(C)s2)nn1. The molecule has 0 atom stereocenters. The van der Waals surface area contributed by atoms with Crippen LogP contribution < -0.4 is 5.32 Å². The van der Waals surface area contributed by atoms with Crippen molar-refractivity contribution >= 4 is 11.3 Å². The molecule has 6 heteroatoms. The molecule has 0 aliphatic rings. The predicted octanol–water partition coefficient (Wildman–Crippen LogP) is 1.59. The lowest BCUT2D eigenvalue weighted by Crippen LogP contribution is -2.13. The maximum Gasteiger partial charge on any atom is 0.0964 e. The second-order valence-corrected chi connectivity index (χ2v) is 5.25. The van der Waals surface area contributed by atoms with E-state index in [0.29, 0.717) is 0 Å². The summed E-state index contributed by atoms with van der Waals surface area (Å²) < 4.78 is 1.86. The van der Waals surface area contributed by atoms with Crippen molar-refractivity contribution < 1.29 is 0 Å². The lowest BCUT2D eigenvalue weighted by Gasteiger charge is -1.97. The average Bonchev–Trinajstić information content (AvgIpc) is 2.90. The van der Waals surface area contributed by atoms with E-state index in [4.69, 9.17) is 0 Å². The van der Waals surface area contributed by atoms with E-state index < -0.39 is 0 Å². The smallest absolute Gasteiger partial charge is 0.0964 e. The molecule has 0 aromatic carbocycles. The van der Waals surface area contributed by atoms with Gasteiger partial charge in [-0.15, -0.1) is 16.4 Å². The van der Waals surface area contributed by atoms with Gasteiger partial charge in [-0.3, -0.25) is 0 Å². The Morgan fingerprint density at radius 2 is 2.35 bits per heavy atom. The largest absolute Gasteiger partial charge is 0.311 e. The van der Waals surface area contributed by atoms with Crippen molar-refractivity contribution in [2.45, 2.75) is 33.4 Å². The lowest BCUT2D eigenvalue weighted by molar-refractivity contribution is 0.649. The summed E-state index contributed by atoms with van der Waals surface area (Å²) in [5, 5.41) is 12.6. The molecule has 2 heterocycles. The summed E-state index contributed by atoms with van der Waals surface area (Å²) in [5.41, 5.74) is 0.986. The van der Waals surface area contributed by atoms with Crippen molar-refractivity contribution in [2.75, 3.05) is 6.54 Å². The molecule has 2 aromatic rings. The van der Waals surface area contributed by atoms with Crippen molar-refractivity contribution in [3.63, 3.8) is 0 Å². The van der Waals surface area contributed by atoms with E-state index in [0.717, 1.165) is 36.8 Å². The Labute approximate surface area is 105 Å². The first-order valence-corrected chi connectivity index (χ1v) is 6.60. The molecule has 5 nitrogen and oxygen atoms in total. The van der Waals surface area contributed by atoms with E-state index in [-0.39, 0.29) is 0 Å². The fraction of sp³-hybridized carbons (Fsp3) is 0.545. The number of aryl methyl sites for hydroxylation is 1. The third-order valence-electron chi connectivity index (χ3n) is 2.31. The summed E-state index contributed by atoms with van der Waals surface area (Å²) in [7, 11) is 0. The third-order valence-corrected chi connectivity index (χ3v) is 3.20. The van der Waals surface area contributed by atoms with Crippen LogP contribution in [0.4, 0.5) is 0 Å². The first-order valence-electron chi connectivity index (χ1n) is 5.79. The van der Waals surface area contributed by atoms with Gasteiger partial charge in [0.1, 0.15) is 0 Å². The fourth-order valence-corrected chi connectivity index (χ4v) is 2.32. The Balaban J connectivity index is 1.89.